The second kappa shape index (κ2) is 5.72. The van der Waals surface area contributed by atoms with Gasteiger partial charge < -0.3 is 5.32 Å². The van der Waals surface area contributed by atoms with Crippen molar-refractivity contribution in [1.82, 2.24) is 14.8 Å². The molecule has 90 valence electrons. The number of anilines is 1. The minimum atomic E-state index is 0.917. The topological polar surface area (TPSA) is 42.7 Å². The Morgan fingerprint density at radius 1 is 1.29 bits per heavy atom. The van der Waals surface area contributed by atoms with Gasteiger partial charge in [-0.1, -0.05) is 29.5 Å². The number of thioether (sulfide) groups is 1. The first-order valence-electron chi connectivity index (χ1n) is 5.53. The average molecular weight is 248 g/mol. The molecule has 0 atom stereocenters. The molecule has 4 nitrogen and oxygen atoms in total. The molecule has 0 fully saturated rings. The van der Waals surface area contributed by atoms with E-state index in [4.69, 9.17) is 0 Å². The van der Waals surface area contributed by atoms with Crippen molar-refractivity contribution >= 4 is 17.4 Å². The quantitative estimate of drug-likeness (QED) is 0.651. The number of rotatable bonds is 5. The lowest BCUT2D eigenvalue weighted by Gasteiger charge is -2.06. The van der Waals surface area contributed by atoms with Gasteiger partial charge in [0, 0.05) is 25.0 Å². The van der Waals surface area contributed by atoms with Gasteiger partial charge in [-0.05, 0) is 19.1 Å². The molecular weight excluding hydrogens is 232 g/mol. The zero-order chi connectivity index (χ0) is 12.1. The molecule has 5 heteroatoms. The first-order chi connectivity index (χ1) is 8.25. The molecule has 0 bridgehead atoms. The number of aryl methyl sites for hydroxylation is 2. The van der Waals surface area contributed by atoms with Crippen LogP contribution in [0.3, 0.4) is 0 Å². The van der Waals surface area contributed by atoms with Crippen molar-refractivity contribution in [2.75, 3.05) is 17.6 Å². The Morgan fingerprint density at radius 3 is 2.71 bits per heavy atom. The molecule has 1 aromatic carbocycles. The Balaban J connectivity index is 1.73. The summed E-state index contributed by atoms with van der Waals surface area (Å²) >= 11 is 1.70. The number of aromatic nitrogens is 3. The van der Waals surface area contributed by atoms with Gasteiger partial charge in [0.05, 0.1) is 0 Å². The fourth-order valence-electron chi connectivity index (χ4n) is 1.43. The second-order valence-electron chi connectivity index (χ2n) is 3.81. The first kappa shape index (κ1) is 12.0. The molecule has 0 aliphatic carbocycles. The number of nitrogens with one attached hydrogen (secondary N) is 1. The van der Waals surface area contributed by atoms with Gasteiger partial charge in [-0.3, -0.25) is 0 Å². The van der Waals surface area contributed by atoms with Crippen LogP contribution in [0.5, 0.6) is 0 Å². The second-order valence-corrected chi connectivity index (χ2v) is 4.87. The third-order valence-electron chi connectivity index (χ3n) is 2.38. The van der Waals surface area contributed by atoms with Gasteiger partial charge in [-0.2, -0.15) is 5.10 Å². The Bertz CT molecular complexity index is 464. The minimum absolute atomic E-state index is 0.917. The number of nitrogens with zero attached hydrogens (tertiary/aromatic N) is 3. The molecule has 1 N–H and O–H groups in total. The molecule has 0 amide bonds. The lowest BCUT2D eigenvalue weighted by Crippen LogP contribution is -2.05. The highest BCUT2D eigenvalue weighted by Crippen LogP contribution is 2.13. The van der Waals surface area contributed by atoms with Gasteiger partial charge in [0.25, 0.3) is 0 Å². The predicted octanol–water partition coefficient (Wildman–Crippen LogP) is 2.33. The molecule has 0 spiro atoms. The molecule has 2 aromatic rings. The van der Waals surface area contributed by atoms with Crippen LogP contribution >= 0.6 is 11.8 Å². The molecule has 0 saturated heterocycles. The van der Waals surface area contributed by atoms with Gasteiger partial charge >= 0.3 is 0 Å². The normalized spacial score (nSPS) is 10.5. The summed E-state index contributed by atoms with van der Waals surface area (Å²) in [7, 11) is 1.91. The zero-order valence-electron chi connectivity index (χ0n) is 10.1. The molecule has 0 radical (unpaired) electrons. The van der Waals surface area contributed by atoms with E-state index in [1.165, 1.54) is 5.56 Å². The Labute approximate surface area is 105 Å². The summed E-state index contributed by atoms with van der Waals surface area (Å²) < 4.78 is 1.79. The lowest BCUT2D eigenvalue weighted by atomic mass is 10.2. The molecule has 1 heterocycles. The summed E-state index contributed by atoms with van der Waals surface area (Å²) in [5.41, 5.74) is 2.44. The Kier molecular flexibility index (Phi) is 4.03. The maximum absolute atomic E-state index is 4.16. The molecule has 17 heavy (non-hydrogen) atoms. The molecule has 0 saturated carbocycles. The highest BCUT2D eigenvalue weighted by Gasteiger charge is 2.00. The molecule has 2 rings (SSSR count). The van der Waals surface area contributed by atoms with Crippen LogP contribution in [0.2, 0.25) is 0 Å². The van der Waals surface area contributed by atoms with Crippen LogP contribution in [0.1, 0.15) is 5.56 Å². The number of hydrogen-bond acceptors (Lipinski definition) is 4. The van der Waals surface area contributed by atoms with E-state index < -0.39 is 0 Å². The third kappa shape index (κ3) is 3.49. The van der Waals surface area contributed by atoms with Crippen molar-refractivity contribution in [3.8, 4) is 0 Å². The van der Waals surface area contributed by atoms with Gasteiger partial charge in [0.1, 0.15) is 6.33 Å². The van der Waals surface area contributed by atoms with Crippen LogP contribution in [-0.2, 0) is 7.05 Å². The van der Waals surface area contributed by atoms with E-state index in [0.717, 1.165) is 23.1 Å². The van der Waals surface area contributed by atoms with Gasteiger partial charge in [0.15, 0.2) is 5.16 Å². The average Bonchev–Trinajstić information content (AvgIpc) is 2.73. The largest absolute Gasteiger partial charge is 0.384 e. The van der Waals surface area contributed by atoms with Crippen LogP contribution in [0.15, 0.2) is 35.7 Å². The Morgan fingerprint density at radius 2 is 2.06 bits per heavy atom. The van der Waals surface area contributed by atoms with E-state index in [2.05, 4.69) is 46.6 Å². The van der Waals surface area contributed by atoms with Gasteiger partial charge in [-0.25, -0.2) is 9.67 Å². The maximum atomic E-state index is 4.16. The van der Waals surface area contributed by atoms with Crippen LogP contribution in [-0.4, -0.2) is 27.1 Å². The highest BCUT2D eigenvalue weighted by atomic mass is 32.2. The van der Waals surface area contributed by atoms with E-state index >= 15 is 0 Å². The van der Waals surface area contributed by atoms with Crippen molar-refractivity contribution < 1.29 is 0 Å². The van der Waals surface area contributed by atoms with E-state index in [1.54, 1.807) is 22.8 Å². The highest BCUT2D eigenvalue weighted by molar-refractivity contribution is 7.99. The monoisotopic (exact) mass is 248 g/mol. The maximum Gasteiger partial charge on any atom is 0.185 e. The fraction of sp³-hybridized carbons (Fsp3) is 0.333. The van der Waals surface area contributed by atoms with E-state index in [1.807, 2.05) is 7.05 Å². The third-order valence-corrected chi connectivity index (χ3v) is 3.42. The molecule has 0 unspecified atom stereocenters. The lowest BCUT2D eigenvalue weighted by molar-refractivity contribution is 0.685. The number of benzene rings is 1. The summed E-state index contributed by atoms with van der Waals surface area (Å²) in [6, 6.07) is 8.42. The Hall–Kier alpha value is -1.49. The molecule has 0 aliphatic rings. The summed E-state index contributed by atoms with van der Waals surface area (Å²) in [5, 5.41) is 8.36. The molecule has 1 aromatic heterocycles. The summed E-state index contributed by atoms with van der Waals surface area (Å²) in [4.78, 5) is 4.16. The van der Waals surface area contributed by atoms with Gasteiger partial charge in [-0.15, -0.1) is 0 Å². The van der Waals surface area contributed by atoms with Crippen molar-refractivity contribution in [1.29, 1.82) is 0 Å². The van der Waals surface area contributed by atoms with E-state index in [0.29, 0.717) is 0 Å². The van der Waals surface area contributed by atoms with E-state index in [-0.39, 0.29) is 0 Å². The predicted molar refractivity (Wildman–Crippen MR) is 71.4 cm³/mol. The van der Waals surface area contributed by atoms with Crippen LogP contribution in [0, 0.1) is 6.92 Å². The fourth-order valence-corrected chi connectivity index (χ4v) is 2.17. The van der Waals surface area contributed by atoms with Crippen molar-refractivity contribution in [2.45, 2.75) is 12.1 Å². The van der Waals surface area contributed by atoms with Crippen molar-refractivity contribution in [2.24, 2.45) is 7.05 Å². The van der Waals surface area contributed by atoms with Crippen LogP contribution in [0.4, 0.5) is 5.69 Å². The van der Waals surface area contributed by atoms with Crippen molar-refractivity contribution in [3.05, 3.63) is 36.2 Å². The molecular formula is C12H16N4S. The standard InChI is InChI=1S/C12H16N4S/c1-10-3-5-11(6-4-10)13-7-8-17-12-14-9-15-16(12)2/h3-6,9,13H,7-8H2,1-2H3. The molecule has 0 aliphatic heterocycles. The SMILES string of the molecule is Cc1ccc(NCCSc2ncnn2C)cc1. The van der Waals surface area contributed by atoms with E-state index in [9.17, 15) is 0 Å². The van der Waals surface area contributed by atoms with Crippen LogP contribution < -0.4 is 5.32 Å². The van der Waals surface area contributed by atoms with Crippen molar-refractivity contribution in [3.63, 3.8) is 0 Å². The smallest absolute Gasteiger partial charge is 0.185 e. The minimum Gasteiger partial charge on any atom is -0.384 e. The summed E-state index contributed by atoms with van der Waals surface area (Å²) in [6.07, 6.45) is 1.58. The zero-order valence-corrected chi connectivity index (χ0v) is 10.9. The first-order valence-corrected chi connectivity index (χ1v) is 6.51. The summed E-state index contributed by atoms with van der Waals surface area (Å²) in [5.74, 6) is 0.973. The summed E-state index contributed by atoms with van der Waals surface area (Å²) in [6.45, 7) is 3.01. The van der Waals surface area contributed by atoms with Gasteiger partial charge in [0.2, 0.25) is 0 Å². The van der Waals surface area contributed by atoms with Crippen LogP contribution in [0.25, 0.3) is 0 Å². The number of hydrogen-bond donors (Lipinski definition) is 1.